The van der Waals surface area contributed by atoms with Crippen LogP contribution in [0.4, 0.5) is 35.8 Å². The lowest BCUT2D eigenvalue weighted by atomic mass is 9.93. The van der Waals surface area contributed by atoms with Crippen LogP contribution in [-0.4, -0.2) is 68.7 Å². The SMILES string of the molecule is CC(C)(CNC(=O)C(=O)Nc1nncs1)CNC(=O)c1ccc(Nc2cc(NCc3ccc(Cl)cc3)nc(OCC(F)(F)F)n2)nc1. The average Bonchev–Trinajstić information content (AvgIpc) is 3.54. The summed E-state index contributed by atoms with van der Waals surface area (Å²) < 4.78 is 43.1. The zero-order chi connectivity index (χ0) is 34.0. The molecule has 0 fully saturated rings. The second kappa shape index (κ2) is 15.5. The van der Waals surface area contributed by atoms with Crippen molar-refractivity contribution in [3.63, 3.8) is 0 Å². The lowest BCUT2D eigenvalue weighted by Gasteiger charge is -2.25. The second-order valence-electron chi connectivity index (χ2n) is 10.6. The fourth-order valence-electron chi connectivity index (χ4n) is 3.58. The third-order valence-corrected chi connectivity index (χ3v) is 6.84. The molecule has 0 atom stereocenters. The van der Waals surface area contributed by atoms with Crippen LogP contribution in [0, 0.1) is 5.41 Å². The van der Waals surface area contributed by atoms with Crippen molar-refractivity contribution in [1.82, 2.24) is 35.8 Å². The largest absolute Gasteiger partial charge is 0.454 e. The quantitative estimate of drug-likeness (QED) is 0.127. The first-order valence-electron chi connectivity index (χ1n) is 13.7. The summed E-state index contributed by atoms with van der Waals surface area (Å²) in [7, 11) is 0. The van der Waals surface area contributed by atoms with Crippen LogP contribution in [0.1, 0.15) is 29.8 Å². The molecule has 0 aliphatic heterocycles. The van der Waals surface area contributed by atoms with Crippen molar-refractivity contribution in [2.45, 2.75) is 26.6 Å². The highest BCUT2D eigenvalue weighted by molar-refractivity contribution is 7.13. The third-order valence-electron chi connectivity index (χ3n) is 5.98. The number of hydrogen-bond acceptors (Lipinski definition) is 12. The number of aromatic nitrogens is 5. The van der Waals surface area contributed by atoms with Crippen molar-refractivity contribution in [3.8, 4) is 6.01 Å². The number of nitrogens with one attached hydrogen (secondary N) is 5. The van der Waals surface area contributed by atoms with E-state index in [9.17, 15) is 27.6 Å². The molecule has 4 aromatic rings. The van der Waals surface area contributed by atoms with Crippen molar-refractivity contribution in [1.29, 1.82) is 0 Å². The maximum atomic E-state index is 12.8. The van der Waals surface area contributed by atoms with E-state index in [2.05, 4.69) is 51.7 Å². The molecular formula is C28H28ClF3N10O4S. The number of anilines is 4. The van der Waals surface area contributed by atoms with Crippen molar-refractivity contribution in [3.05, 3.63) is 70.3 Å². The fraction of sp³-hybridized carbons (Fsp3) is 0.286. The number of halogens is 4. The first-order valence-corrected chi connectivity index (χ1v) is 14.9. The standard InChI is InChI=1S/C28H28ClF3N10O4S/c1-27(2,13-36-23(44)24(45)41-26-42-37-15-47-26)12-35-22(43)17-5-8-19(34-11-17)38-21-9-20(33-10-16-3-6-18(29)7-4-16)39-25(40-21)46-14-28(30,31)32/h3-9,11,15H,10,12-14H2,1-2H3,(H,35,43)(H,36,44)(H,41,42,45)(H2,33,34,38,39,40). The molecule has 3 amide bonds. The normalized spacial score (nSPS) is 11.4. The molecule has 14 nitrogen and oxygen atoms in total. The van der Waals surface area contributed by atoms with Crippen molar-refractivity contribution < 1.29 is 32.3 Å². The number of alkyl halides is 3. The molecule has 0 saturated heterocycles. The minimum Gasteiger partial charge on any atom is -0.454 e. The molecule has 0 radical (unpaired) electrons. The highest BCUT2D eigenvalue weighted by Gasteiger charge is 2.29. The average molecular weight is 693 g/mol. The third kappa shape index (κ3) is 11.6. The van der Waals surface area contributed by atoms with Crippen LogP contribution in [0.5, 0.6) is 6.01 Å². The second-order valence-corrected chi connectivity index (χ2v) is 11.9. The summed E-state index contributed by atoms with van der Waals surface area (Å²) in [5, 5.41) is 21.4. The molecule has 0 bridgehead atoms. The van der Waals surface area contributed by atoms with E-state index in [-0.39, 0.29) is 47.8 Å². The number of ether oxygens (including phenoxy) is 1. The Hall–Kier alpha value is -5.10. The van der Waals surface area contributed by atoms with E-state index in [0.29, 0.717) is 5.02 Å². The molecule has 248 valence electrons. The van der Waals surface area contributed by atoms with Crippen LogP contribution < -0.4 is 31.3 Å². The van der Waals surface area contributed by atoms with E-state index in [4.69, 9.17) is 16.3 Å². The van der Waals surface area contributed by atoms with E-state index in [1.54, 1.807) is 38.1 Å². The molecule has 0 aliphatic rings. The Morgan fingerprint density at radius 3 is 2.32 bits per heavy atom. The van der Waals surface area contributed by atoms with Crippen LogP contribution in [0.2, 0.25) is 5.02 Å². The molecule has 3 heterocycles. The molecule has 0 aliphatic carbocycles. The predicted octanol–water partition coefficient (Wildman–Crippen LogP) is 4.18. The minimum absolute atomic E-state index is 0.0842. The zero-order valence-corrected chi connectivity index (χ0v) is 26.4. The molecular weight excluding hydrogens is 665 g/mol. The summed E-state index contributed by atoms with van der Waals surface area (Å²) in [5.74, 6) is -1.70. The van der Waals surface area contributed by atoms with Crippen molar-refractivity contribution >= 4 is 63.2 Å². The van der Waals surface area contributed by atoms with Gasteiger partial charge in [-0.3, -0.25) is 19.7 Å². The number of hydrogen-bond donors (Lipinski definition) is 5. The van der Waals surface area contributed by atoms with E-state index in [0.717, 1.165) is 16.9 Å². The lowest BCUT2D eigenvalue weighted by Crippen LogP contribution is -2.45. The summed E-state index contributed by atoms with van der Waals surface area (Å²) in [6.45, 7) is 2.51. The van der Waals surface area contributed by atoms with Crippen LogP contribution in [0.15, 0.2) is 54.2 Å². The zero-order valence-electron chi connectivity index (χ0n) is 24.8. The molecule has 3 aromatic heterocycles. The minimum atomic E-state index is -4.60. The Labute approximate surface area is 274 Å². The first kappa shape index (κ1) is 34.8. The van der Waals surface area contributed by atoms with Gasteiger partial charge in [-0.2, -0.15) is 23.1 Å². The van der Waals surface area contributed by atoms with Crippen LogP contribution >= 0.6 is 22.9 Å². The number of nitrogens with zero attached hydrogens (tertiary/aromatic N) is 5. The van der Waals surface area contributed by atoms with E-state index < -0.39 is 41.9 Å². The lowest BCUT2D eigenvalue weighted by molar-refractivity contribution is -0.154. The molecule has 5 N–H and O–H groups in total. The van der Waals surface area contributed by atoms with Gasteiger partial charge in [-0.25, -0.2) is 4.98 Å². The molecule has 19 heteroatoms. The van der Waals surface area contributed by atoms with Gasteiger partial charge in [0.2, 0.25) is 5.13 Å². The molecule has 0 spiro atoms. The van der Waals surface area contributed by atoms with Gasteiger partial charge < -0.3 is 26.0 Å². The van der Waals surface area contributed by atoms with Gasteiger partial charge in [0.05, 0.1) is 5.56 Å². The molecule has 0 saturated carbocycles. The van der Waals surface area contributed by atoms with Gasteiger partial charge in [-0.05, 0) is 35.2 Å². The van der Waals surface area contributed by atoms with Gasteiger partial charge in [-0.1, -0.05) is 48.9 Å². The topological polar surface area (TPSA) is 185 Å². The summed E-state index contributed by atoms with van der Waals surface area (Å²) in [6.07, 6.45) is -3.30. The number of rotatable bonds is 13. The monoisotopic (exact) mass is 692 g/mol. The Bertz CT molecular complexity index is 1680. The maximum Gasteiger partial charge on any atom is 0.422 e. The smallest absolute Gasteiger partial charge is 0.422 e. The van der Waals surface area contributed by atoms with Gasteiger partial charge in [0, 0.05) is 36.9 Å². The van der Waals surface area contributed by atoms with Gasteiger partial charge >= 0.3 is 24.0 Å². The highest BCUT2D eigenvalue weighted by Crippen LogP contribution is 2.23. The van der Waals surface area contributed by atoms with E-state index in [1.165, 1.54) is 29.9 Å². The predicted molar refractivity (Wildman–Crippen MR) is 168 cm³/mol. The van der Waals surface area contributed by atoms with Crippen molar-refractivity contribution in [2.75, 3.05) is 35.6 Å². The Morgan fingerprint density at radius 1 is 0.936 bits per heavy atom. The molecule has 1 aromatic carbocycles. The van der Waals surface area contributed by atoms with Gasteiger partial charge in [0.1, 0.15) is 23.0 Å². The molecule has 4 rings (SSSR count). The van der Waals surface area contributed by atoms with Crippen LogP contribution in [-0.2, 0) is 16.1 Å². The number of carbonyl (C=O) groups is 3. The number of benzene rings is 1. The summed E-state index contributed by atoms with van der Waals surface area (Å²) in [6, 6.07) is 10.9. The Kier molecular flexibility index (Phi) is 11.4. The number of pyridine rings is 1. The van der Waals surface area contributed by atoms with Crippen LogP contribution in [0.25, 0.3) is 0 Å². The number of carbonyl (C=O) groups excluding carboxylic acids is 3. The Morgan fingerprint density at radius 2 is 1.66 bits per heavy atom. The fourth-order valence-corrected chi connectivity index (χ4v) is 4.15. The van der Waals surface area contributed by atoms with E-state index in [1.807, 2.05) is 0 Å². The van der Waals surface area contributed by atoms with Crippen molar-refractivity contribution in [2.24, 2.45) is 5.41 Å². The highest BCUT2D eigenvalue weighted by atomic mass is 35.5. The maximum absolute atomic E-state index is 12.8. The number of amides is 3. The summed E-state index contributed by atoms with van der Waals surface area (Å²) in [5.41, 5.74) is 1.85. The summed E-state index contributed by atoms with van der Waals surface area (Å²) >= 11 is 6.98. The van der Waals surface area contributed by atoms with Crippen LogP contribution in [0.3, 0.4) is 0 Å². The van der Waals surface area contributed by atoms with Gasteiger partial charge in [0.15, 0.2) is 6.61 Å². The Balaban J connectivity index is 1.33. The van der Waals surface area contributed by atoms with E-state index >= 15 is 0 Å². The summed E-state index contributed by atoms with van der Waals surface area (Å²) in [4.78, 5) is 49.0. The van der Waals surface area contributed by atoms with Gasteiger partial charge in [-0.15, -0.1) is 10.2 Å². The van der Waals surface area contributed by atoms with Gasteiger partial charge in [0.25, 0.3) is 5.91 Å². The molecule has 47 heavy (non-hydrogen) atoms. The first-order chi connectivity index (χ1) is 22.2. The molecule has 0 unspecified atom stereocenters.